The van der Waals surface area contributed by atoms with Gasteiger partial charge in [-0.2, -0.15) is 0 Å². The van der Waals surface area contributed by atoms with Crippen molar-refractivity contribution in [2.45, 2.75) is 26.4 Å². The van der Waals surface area contributed by atoms with Gasteiger partial charge in [0.2, 0.25) is 0 Å². The van der Waals surface area contributed by atoms with E-state index in [1.54, 1.807) is 6.26 Å². The summed E-state index contributed by atoms with van der Waals surface area (Å²) in [6.07, 6.45) is 3.21. The fourth-order valence-corrected chi connectivity index (χ4v) is 2.07. The van der Waals surface area contributed by atoms with Crippen LogP contribution in [0, 0.1) is 0 Å². The zero-order valence-electron chi connectivity index (χ0n) is 11.0. The van der Waals surface area contributed by atoms with Crippen LogP contribution in [0.5, 0.6) is 0 Å². The van der Waals surface area contributed by atoms with Crippen molar-refractivity contribution in [3.8, 4) is 11.3 Å². The molecule has 2 heterocycles. The van der Waals surface area contributed by atoms with Crippen molar-refractivity contribution in [1.82, 2.24) is 10.3 Å². The number of para-hydroxylation sites is 1. The molecular weight excluding hydrogens is 240 g/mol. The van der Waals surface area contributed by atoms with Crippen LogP contribution in [-0.2, 0) is 6.54 Å². The third kappa shape index (κ3) is 2.27. The zero-order chi connectivity index (χ0) is 13.2. The summed E-state index contributed by atoms with van der Waals surface area (Å²) in [5.41, 5.74) is 2.71. The van der Waals surface area contributed by atoms with E-state index in [0.29, 0.717) is 12.6 Å². The molecule has 0 unspecified atom stereocenters. The van der Waals surface area contributed by atoms with Crippen molar-refractivity contribution in [2.24, 2.45) is 0 Å². The number of nitrogens with one attached hydrogen (secondary N) is 1. The largest absolute Gasteiger partial charge is 0.464 e. The monoisotopic (exact) mass is 256 g/mol. The van der Waals surface area contributed by atoms with E-state index in [0.717, 1.165) is 28.0 Å². The summed E-state index contributed by atoms with van der Waals surface area (Å²) in [6, 6.07) is 8.32. The van der Waals surface area contributed by atoms with Crippen molar-refractivity contribution in [3.05, 3.63) is 42.6 Å². The number of nitrogens with zero attached hydrogens (tertiary/aromatic N) is 1. The molecule has 0 aliphatic heterocycles. The van der Waals surface area contributed by atoms with Gasteiger partial charge in [0.15, 0.2) is 12.2 Å². The van der Waals surface area contributed by atoms with E-state index < -0.39 is 0 Å². The van der Waals surface area contributed by atoms with E-state index >= 15 is 0 Å². The van der Waals surface area contributed by atoms with Crippen LogP contribution >= 0.6 is 0 Å². The third-order valence-electron chi connectivity index (χ3n) is 3.04. The highest BCUT2D eigenvalue weighted by atomic mass is 16.3. The second kappa shape index (κ2) is 4.90. The van der Waals surface area contributed by atoms with Crippen LogP contribution in [-0.4, -0.2) is 11.0 Å². The normalized spacial score (nSPS) is 11.5. The van der Waals surface area contributed by atoms with Gasteiger partial charge in [-0.3, -0.25) is 0 Å². The van der Waals surface area contributed by atoms with Crippen LogP contribution in [0.1, 0.15) is 19.5 Å². The van der Waals surface area contributed by atoms with Crippen LogP contribution < -0.4 is 5.32 Å². The fraction of sp³-hybridized carbons (Fsp3) is 0.267. The minimum absolute atomic E-state index is 0.408. The molecule has 1 aromatic carbocycles. The Balaban J connectivity index is 2.00. The molecule has 4 nitrogen and oxygen atoms in total. The number of hydrogen-bond acceptors (Lipinski definition) is 4. The number of fused-ring (bicyclic) bond motifs is 1. The number of furan rings is 1. The summed E-state index contributed by atoms with van der Waals surface area (Å²) in [6.45, 7) is 4.89. The molecule has 2 aromatic heterocycles. The van der Waals surface area contributed by atoms with Gasteiger partial charge in [-0.1, -0.05) is 32.0 Å². The molecule has 0 aliphatic rings. The Labute approximate surface area is 111 Å². The second-order valence-corrected chi connectivity index (χ2v) is 4.81. The summed E-state index contributed by atoms with van der Waals surface area (Å²) in [7, 11) is 0. The lowest BCUT2D eigenvalue weighted by Gasteiger charge is -2.06. The molecule has 19 heavy (non-hydrogen) atoms. The molecular formula is C15H16N2O2. The first-order valence-corrected chi connectivity index (χ1v) is 6.38. The minimum Gasteiger partial charge on any atom is -0.464 e. The smallest absolute Gasteiger partial charge is 0.181 e. The molecule has 3 rings (SSSR count). The summed E-state index contributed by atoms with van der Waals surface area (Å²) < 4.78 is 11.1. The molecule has 3 aromatic rings. The molecule has 0 fully saturated rings. The Hall–Kier alpha value is -2.07. The molecule has 0 bridgehead atoms. The first kappa shape index (κ1) is 12.0. The lowest BCUT2D eigenvalue weighted by molar-refractivity contribution is 0.560. The quantitative estimate of drug-likeness (QED) is 0.775. The molecule has 0 saturated carbocycles. The van der Waals surface area contributed by atoms with Gasteiger partial charge in [-0.15, -0.1) is 0 Å². The average Bonchev–Trinajstić information content (AvgIpc) is 3.02. The maximum Gasteiger partial charge on any atom is 0.181 e. The third-order valence-corrected chi connectivity index (χ3v) is 3.04. The topological polar surface area (TPSA) is 51.2 Å². The van der Waals surface area contributed by atoms with E-state index in [4.69, 9.17) is 8.83 Å². The van der Waals surface area contributed by atoms with Crippen molar-refractivity contribution in [1.29, 1.82) is 0 Å². The molecule has 0 saturated heterocycles. The van der Waals surface area contributed by atoms with Crippen molar-refractivity contribution >= 4 is 11.0 Å². The van der Waals surface area contributed by atoms with Crippen LogP contribution in [0.3, 0.4) is 0 Å². The van der Waals surface area contributed by atoms with E-state index in [1.807, 2.05) is 24.3 Å². The lowest BCUT2D eigenvalue weighted by Crippen LogP contribution is -2.22. The predicted molar refractivity (Wildman–Crippen MR) is 73.7 cm³/mol. The zero-order valence-corrected chi connectivity index (χ0v) is 11.0. The molecule has 4 heteroatoms. The van der Waals surface area contributed by atoms with E-state index in [1.165, 1.54) is 6.39 Å². The standard InChI is InChI=1S/C15H16N2O2/c1-10(2)16-7-13-15(19-9-17-13)12-8-18-14-6-4-3-5-11(12)14/h3-6,8-10,16H,7H2,1-2H3. The Morgan fingerprint density at radius 2 is 2.05 bits per heavy atom. The average molecular weight is 256 g/mol. The highest BCUT2D eigenvalue weighted by Gasteiger charge is 2.16. The van der Waals surface area contributed by atoms with Crippen LogP contribution in [0.15, 0.2) is 45.8 Å². The first-order valence-electron chi connectivity index (χ1n) is 6.38. The van der Waals surface area contributed by atoms with Gasteiger partial charge in [0.1, 0.15) is 17.5 Å². The Morgan fingerprint density at radius 3 is 2.89 bits per heavy atom. The van der Waals surface area contributed by atoms with E-state index in [9.17, 15) is 0 Å². The number of hydrogen-bond donors (Lipinski definition) is 1. The highest BCUT2D eigenvalue weighted by molar-refractivity contribution is 5.92. The molecule has 98 valence electrons. The van der Waals surface area contributed by atoms with Gasteiger partial charge in [-0.05, 0) is 6.07 Å². The van der Waals surface area contributed by atoms with Gasteiger partial charge in [0.05, 0.1) is 5.56 Å². The SMILES string of the molecule is CC(C)NCc1ncoc1-c1coc2ccccc12. The number of rotatable bonds is 4. The number of benzene rings is 1. The molecule has 0 aliphatic carbocycles. The maximum atomic E-state index is 5.55. The van der Waals surface area contributed by atoms with Gasteiger partial charge in [-0.25, -0.2) is 4.98 Å². The van der Waals surface area contributed by atoms with Gasteiger partial charge in [0.25, 0.3) is 0 Å². The summed E-state index contributed by atoms with van der Waals surface area (Å²) in [5, 5.41) is 4.39. The predicted octanol–water partition coefficient (Wildman–Crippen LogP) is 3.59. The first-order chi connectivity index (χ1) is 9.25. The van der Waals surface area contributed by atoms with Gasteiger partial charge < -0.3 is 14.2 Å². The van der Waals surface area contributed by atoms with Crippen molar-refractivity contribution in [2.75, 3.05) is 0 Å². The summed E-state index contributed by atoms with van der Waals surface area (Å²) in [5.74, 6) is 0.776. The molecule has 0 spiro atoms. The molecule has 0 amide bonds. The lowest BCUT2D eigenvalue weighted by atomic mass is 10.1. The summed E-state index contributed by atoms with van der Waals surface area (Å²) >= 11 is 0. The van der Waals surface area contributed by atoms with Gasteiger partial charge >= 0.3 is 0 Å². The van der Waals surface area contributed by atoms with E-state index in [-0.39, 0.29) is 0 Å². The second-order valence-electron chi connectivity index (χ2n) is 4.81. The highest BCUT2D eigenvalue weighted by Crippen LogP contribution is 2.32. The Bertz CT molecular complexity index is 682. The van der Waals surface area contributed by atoms with Crippen LogP contribution in [0.25, 0.3) is 22.3 Å². The molecule has 0 atom stereocenters. The molecule has 1 N–H and O–H groups in total. The van der Waals surface area contributed by atoms with Crippen LogP contribution in [0.2, 0.25) is 0 Å². The summed E-state index contributed by atoms with van der Waals surface area (Å²) in [4.78, 5) is 4.28. The number of oxazole rings is 1. The number of aromatic nitrogens is 1. The van der Waals surface area contributed by atoms with Crippen molar-refractivity contribution in [3.63, 3.8) is 0 Å². The fourth-order valence-electron chi connectivity index (χ4n) is 2.07. The Morgan fingerprint density at radius 1 is 1.21 bits per heavy atom. The van der Waals surface area contributed by atoms with Crippen LogP contribution in [0.4, 0.5) is 0 Å². The van der Waals surface area contributed by atoms with Crippen molar-refractivity contribution < 1.29 is 8.83 Å². The Kier molecular flexibility index (Phi) is 3.09. The van der Waals surface area contributed by atoms with Gasteiger partial charge in [0, 0.05) is 18.0 Å². The minimum atomic E-state index is 0.408. The molecule has 0 radical (unpaired) electrons. The van der Waals surface area contributed by atoms with E-state index in [2.05, 4.69) is 24.1 Å². The maximum absolute atomic E-state index is 5.55.